The summed E-state index contributed by atoms with van der Waals surface area (Å²) in [6.45, 7) is 3.03. The summed E-state index contributed by atoms with van der Waals surface area (Å²) in [7, 11) is 2.17. The average molecular weight is 320 g/mol. The van der Waals surface area contributed by atoms with Gasteiger partial charge in [0.15, 0.2) is 5.11 Å². The molecule has 1 fully saturated rings. The molecule has 1 aliphatic rings. The number of nitrogens with one attached hydrogen (secondary N) is 2. The van der Waals surface area contributed by atoms with Gasteiger partial charge in [0.05, 0.1) is 0 Å². The summed E-state index contributed by atoms with van der Waals surface area (Å²) in [6, 6.07) is 11.2. The molecule has 3 nitrogen and oxygen atoms in total. The smallest absolute Gasteiger partial charge is 0.166 e. The molecule has 0 amide bonds. The van der Waals surface area contributed by atoms with Crippen LogP contribution in [0.4, 0.5) is 0 Å². The van der Waals surface area contributed by atoms with Gasteiger partial charge in [0.2, 0.25) is 0 Å². The first kappa shape index (κ1) is 17.2. The molecule has 1 aromatic carbocycles. The van der Waals surface area contributed by atoms with E-state index >= 15 is 0 Å². The lowest BCUT2D eigenvalue weighted by Crippen LogP contribution is -2.43. The molecule has 122 valence electrons. The number of thiocarbonyl (C=S) groups is 1. The van der Waals surface area contributed by atoms with Gasteiger partial charge < -0.3 is 15.5 Å². The van der Waals surface area contributed by atoms with Crippen molar-refractivity contribution >= 4 is 17.3 Å². The third-order valence-corrected chi connectivity index (χ3v) is 4.50. The summed E-state index contributed by atoms with van der Waals surface area (Å²) in [5.74, 6) is 0. The van der Waals surface area contributed by atoms with Gasteiger partial charge in [0.25, 0.3) is 0 Å². The van der Waals surface area contributed by atoms with Gasteiger partial charge in [-0.1, -0.05) is 49.6 Å². The molecule has 0 spiro atoms. The quantitative estimate of drug-likeness (QED) is 0.596. The molecule has 0 heterocycles. The van der Waals surface area contributed by atoms with Crippen LogP contribution in [-0.2, 0) is 6.54 Å². The number of benzene rings is 1. The Balaban J connectivity index is 1.53. The van der Waals surface area contributed by atoms with Gasteiger partial charge in [-0.25, -0.2) is 0 Å². The molecule has 2 N–H and O–H groups in total. The minimum atomic E-state index is 0.592. The van der Waals surface area contributed by atoms with Crippen LogP contribution in [0, 0.1) is 0 Å². The first-order chi connectivity index (χ1) is 10.7. The molecule has 4 heteroatoms. The predicted octanol–water partition coefficient (Wildman–Crippen LogP) is 3.31. The van der Waals surface area contributed by atoms with Gasteiger partial charge in [0.1, 0.15) is 0 Å². The van der Waals surface area contributed by atoms with Crippen LogP contribution in [0.2, 0.25) is 0 Å². The minimum Gasteiger partial charge on any atom is -0.363 e. The molecule has 1 aromatic rings. The number of hydrogen-bond donors (Lipinski definition) is 2. The van der Waals surface area contributed by atoms with E-state index in [1.54, 1.807) is 0 Å². The van der Waals surface area contributed by atoms with E-state index in [1.807, 2.05) is 0 Å². The van der Waals surface area contributed by atoms with Crippen LogP contribution in [0.5, 0.6) is 0 Å². The third-order valence-electron chi connectivity index (χ3n) is 4.24. The lowest BCUT2D eigenvalue weighted by atomic mass is 9.96. The van der Waals surface area contributed by atoms with E-state index in [-0.39, 0.29) is 0 Å². The summed E-state index contributed by atoms with van der Waals surface area (Å²) in [5, 5.41) is 7.63. The van der Waals surface area contributed by atoms with Crippen LogP contribution in [-0.4, -0.2) is 36.2 Å². The number of hydrogen-bond acceptors (Lipinski definition) is 2. The zero-order chi connectivity index (χ0) is 15.6. The van der Waals surface area contributed by atoms with Crippen molar-refractivity contribution in [2.45, 2.75) is 51.1 Å². The average Bonchev–Trinajstić information content (AvgIpc) is 2.53. The Morgan fingerprint density at radius 1 is 1.18 bits per heavy atom. The Hall–Kier alpha value is -1.13. The van der Waals surface area contributed by atoms with Crippen molar-refractivity contribution in [2.24, 2.45) is 0 Å². The van der Waals surface area contributed by atoms with E-state index in [4.69, 9.17) is 12.2 Å². The van der Waals surface area contributed by atoms with Crippen LogP contribution < -0.4 is 10.6 Å². The molecule has 0 radical (unpaired) electrons. The van der Waals surface area contributed by atoms with Crippen LogP contribution >= 0.6 is 12.2 Å². The Bertz CT molecular complexity index is 429. The first-order valence-corrected chi connectivity index (χ1v) is 8.92. The van der Waals surface area contributed by atoms with Crippen LogP contribution in [0.25, 0.3) is 0 Å². The molecule has 1 saturated carbocycles. The highest BCUT2D eigenvalue weighted by molar-refractivity contribution is 7.80. The summed E-state index contributed by atoms with van der Waals surface area (Å²) in [4.78, 5) is 2.36. The van der Waals surface area contributed by atoms with Crippen molar-refractivity contribution in [3.05, 3.63) is 35.9 Å². The lowest BCUT2D eigenvalue weighted by Gasteiger charge is -2.24. The molecule has 0 atom stereocenters. The molecule has 22 heavy (non-hydrogen) atoms. The van der Waals surface area contributed by atoms with Gasteiger partial charge in [-0.05, 0) is 50.6 Å². The van der Waals surface area contributed by atoms with Crippen LogP contribution in [0.1, 0.15) is 44.1 Å². The molecule has 2 rings (SSSR count). The summed E-state index contributed by atoms with van der Waals surface area (Å²) >= 11 is 5.38. The maximum absolute atomic E-state index is 5.38. The van der Waals surface area contributed by atoms with Crippen LogP contribution in [0.15, 0.2) is 30.3 Å². The maximum Gasteiger partial charge on any atom is 0.166 e. The van der Waals surface area contributed by atoms with Gasteiger partial charge >= 0.3 is 0 Å². The fraction of sp³-hybridized carbons (Fsp3) is 0.611. The Labute approximate surface area is 140 Å². The van der Waals surface area contributed by atoms with Gasteiger partial charge in [-0.2, -0.15) is 0 Å². The summed E-state index contributed by atoms with van der Waals surface area (Å²) in [6.07, 6.45) is 7.69. The second kappa shape index (κ2) is 9.80. The van der Waals surface area contributed by atoms with E-state index in [9.17, 15) is 0 Å². The first-order valence-electron chi connectivity index (χ1n) is 8.51. The van der Waals surface area contributed by atoms with Gasteiger partial charge in [0, 0.05) is 19.1 Å². The SMILES string of the molecule is CN(CCCNC(=S)NC1CCCCC1)Cc1ccccc1. The molecule has 0 bridgehead atoms. The highest BCUT2D eigenvalue weighted by Crippen LogP contribution is 2.17. The Morgan fingerprint density at radius 3 is 2.64 bits per heavy atom. The number of rotatable bonds is 7. The van der Waals surface area contributed by atoms with Gasteiger partial charge in [-0.3, -0.25) is 0 Å². The largest absolute Gasteiger partial charge is 0.363 e. The molecule has 0 aromatic heterocycles. The normalized spacial score (nSPS) is 15.7. The van der Waals surface area contributed by atoms with Crippen molar-refractivity contribution in [1.82, 2.24) is 15.5 Å². The van der Waals surface area contributed by atoms with E-state index in [0.29, 0.717) is 6.04 Å². The zero-order valence-electron chi connectivity index (χ0n) is 13.7. The molecule has 0 aliphatic heterocycles. The van der Waals surface area contributed by atoms with Crippen molar-refractivity contribution in [1.29, 1.82) is 0 Å². The minimum absolute atomic E-state index is 0.592. The topological polar surface area (TPSA) is 27.3 Å². The van der Waals surface area contributed by atoms with Gasteiger partial charge in [-0.15, -0.1) is 0 Å². The van der Waals surface area contributed by atoms with Crippen molar-refractivity contribution in [3.8, 4) is 0 Å². The van der Waals surface area contributed by atoms with E-state index in [0.717, 1.165) is 31.2 Å². The fourth-order valence-electron chi connectivity index (χ4n) is 3.01. The summed E-state index contributed by atoms with van der Waals surface area (Å²) < 4.78 is 0. The Kier molecular flexibility index (Phi) is 7.67. The van der Waals surface area contributed by atoms with E-state index < -0.39 is 0 Å². The second-order valence-electron chi connectivity index (χ2n) is 6.31. The predicted molar refractivity (Wildman–Crippen MR) is 98.0 cm³/mol. The highest BCUT2D eigenvalue weighted by Gasteiger charge is 2.13. The monoisotopic (exact) mass is 319 g/mol. The fourth-order valence-corrected chi connectivity index (χ4v) is 3.28. The summed E-state index contributed by atoms with van der Waals surface area (Å²) in [5.41, 5.74) is 1.37. The van der Waals surface area contributed by atoms with Crippen molar-refractivity contribution < 1.29 is 0 Å². The Morgan fingerprint density at radius 2 is 1.91 bits per heavy atom. The van der Waals surface area contributed by atoms with Crippen molar-refractivity contribution in [2.75, 3.05) is 20.1 Å². The lowest BCUT2D eigenvalue weighted by molar-refractivity contribution is 0.322. The molecular weight excluding hydrogens is 290 g/mol. The third kappa shape index (κ3) is 6.75. The number of nitrogens with zero attached hydrogens (tertiary/aromatic N) is 1. The highest BCUT2D eigenvalue weighted by atomic mass is 32.1. The second-order valence-corrected chi connectivity index (χ2v) is 6.72. The van der Waals surface area contributed by atoms with E-state index in [1.165, 1.54) is 37.7 Å². The standard InChI is InChI=1S/C18H29N3S/c1-21(15-16-9-4-2-5-10-16)14-8-13-19-18(22)20-17-11-6-3-7-12-17/h2,4-5,9-10,17H,3,6-8,11-15H2,1H3,(H2,19,20,22). The zero-order valence-corrected chi connectivity index (χ0v) is 14.5. The molecule has 0 saturated heterocycles. The molecule has 1 aliphatic carbocycles. The maximum atomic E-state index is 5.38. The van der Waals surface area contributed by atoms with Crippen molar-refractivity contribution in [3.63, 3.8) is 0 Å². The molecular formula is C18H29N3S. The van der Waals surface area contributed by atoms with E-state index in [2.05, 4.69) is 52.9 Å². The van der Waals surface area contributed by atoms with Crippen LogP contribution in [0.3, 0.4) is 0 Å². The molecule has 0 unspecified atom stereocenters.